The summed E-state index contributed by atoms with van der Waals surface area (Å²) >= 11 is 0. The fourth-order valence-corrected chi connectivity index (χ4v) is 4.19. The summed E-state index contributed by atoms with van der Waals surface area (Å²) in [5.41, 5.74) is 4.25. The molecule has 160 valence electrons. The van der Waals surface area contributed by atoms with Gasteiger partial charge in [0.25, 0.3) is 5.91 Å². The molecule has 0 aliphatic carbocycles. The molecule has 0 saturated carbocycles. The van der Waals surface area contributed by atoms with Crippen molar-refractivity contribution < 1.29 is 14.6 Å². The van der Waals surface area contributed by atoms with Crippen LogP contribution in [0.5, 0.6) is 0 Å². The molecule has 1 fully saturated rings. The van der Waals surface area contributed by atoms with E-state index in [-0.39, 0.29) is 11.9 Å². The molecule has 2 aromatic rings. The number of nitrogens with zero attached hydrogens (tertiary/aromatic N) is 1. The third-order valence-electron chi connectivity index (χ3n) is 5.90. The second kappa shape index (κ2) is 10.1. The number of nitrogens with one attached hydrogen (secondary N) is 2. The van der Waals surface area contributed by atoms with Gasteiger partial charge < -0.3 is 20.5 Å². The largest absolute Gasteiger partial charge is 0.390 e. The number of aliphatic hydroxyl groups is 1. The standard InChI is InChI=1S/C24H31N3O3/c28-23(17-27-11-8-18-4-1-2-5-20(18)16-27)15-25-22-7-3-6-19(14-22)24(29)26-21-9-12-30-13-10-21/h1-7,14,21,23,25,28H,8-13,15-17H2,(H,26,29). The highest BCUT2D eigenvalue weighted by Crippen LogP contribution is 2.19. The van der Waals surface area contributed by atoms with E-state index in [9.17, 15) is 9.90 Å². The first-order valence-electron chi connectivity index (χ1n) is 10.9. The highest BCUT2D eigenvalue weighted by molar-refractivity contribution is 5.95. The number of hydrogen-bond donors (Lipinski definition) is 3. The van der Waals surface area contributed by atoms with Crippen molar-refractivity contribution in [2.75, 3.05) is 38.2 Å². The zero-order chi connectivity index (χ0) is 20.8. The first kappa shape index (κ1) is 20.8. The van der Waals surface area contributed by atoms with Gasteiger partial charge in [0, 0.05) is 56.7 Å². The fourth-order valence-electron chi connectivity index (χ4n) is 4.19. The minimum atomic E-state index is -0.477. The van der Waals surface area contributed by atoms with Gasteiger partial charge in [0.2, 0.25) is 0 Å². The SMILES string of the molecule is O=C(NC1CCOCC1)c1cccc(NCC(O)CN2CCc3ccccc3C2)c1. The first-order chi connectivity index (χ1) is 14.7. The Morgan fingerprint density at radius 3 is 2.77 bits per heavy atom. The van der Waals surface area contributed by atoms with E-state index in [1.807, 2.05) is 24.3 Å². The summed E-state index contributed by atoms with van der Waals surface area (Å²) in [5.74, 6) is -0.0573. The third-order valence-corrected chi connectivity index (χ3v) is 5.90. The second-order valence-corrected chi connectivity index (χ2v) is 8.23. The molecule has 2 aliphatic heterocycles. The second-order valence-electron chi connectivity index (χ2n) is 8.23. The molecule has 0 radical (unpaired) electrons. The molecule has 30 heavy (non-hydrogen) atoms. The molecule has 4 rings (SSSR count). The molecule has 3 N–H and O–H groups in total. The van der Waals surface area contributed by atoms with Crippen molar-refractivity contribution in [3.05, 3.63) is 65.2 Å². The topological polar surface area (TPSA) is 73.8 Å². The van der Waals surface area contributed by atoms with Crippen LogP contribution in [-0.4, -0.2) is 60.9 Å². The molecule has 0 aromatic heterocycles. The predicted octanol–water partition coefficient (Wildman–Crippen LogP) is 2.43. The molecule has 0 bridgehead atoms. The van der Waals surface area contributed by atoms with Gasteiger partial charge in [-0.25, -0.2) is 0 Å². The summed E-state index contributed by atoms with van der Waals surface area (Å²) in [6.07, 6.45) is 2.27. The molecule has 6 heteroatoms. The summed E-state index contributed by atoms with van der Waals surface area (Å²) in [4.78, 5) is 14.8. The van der Waals surface area contributed by atoms with E-state index in [2.05, 4.69) is 39.8 Å². The molecule has 1 unspecified atom stereocenters. The van der Waals surface area contributed by atoms with Crippen molar-refractivity contribution >= 4 is 11.6 Å². The zero-order valence-corrected chi connectivity index (χ0v) is 17.3. The number of β-amino-alcohol motifs (C(OH)–C–C–N with tert-alkyl or cyclic N) is 1. The third kappa shape index (κ3) is 5.59. The first-order valence-corrected chi connectivity index (χ1v) is 10.9. The molecule has 2 aromatic carbocycles. The number of rotatable bonds is 7. The average molecular weight is 410 g/mol. The zero-order valence-electron chi connectivity index (χ0n) is 17.3. The maximum absolute atomic E-state index is 12.5. The van der Waals surface area contributed by atoms with E-state index < -0.39 is 6.10 Å². The van der Waals surface area contributed by atoms with Gasteiger partial charge in [0.15, 0.2) is 0 Å². The Hall–Kier alpha value is -2.41. The molecule has 1 atom stereocenters. The molecule has 2 heterocycles. The number of amides is 1. The van der Waals surface area contributed by atoms with Crippen LogP contribution in [-0.2, 0) is 17.7 Å². The lowest BCUT2D eigenvalue weighted by Crippen LogP contribution is -2.39. The number of hydrogen-bond acceptors (Lipinski definition) is 5. The summed E-state index contributed by atoms with van der Waals surface area (Å²) < 4.78 is 5.34. The van der Waals surface area contributed by atoms with Gasteiger partial charge in [0.05, 0.1) is 6.10 Å². The number of carbonyl (C=O) groups is 1. The molecule has 1 saturated heterocycles. The monoisotopic (exact) mass is 409 g/mol. The van der Waals surface area contributed by atoms with Crippen molar-refractivity contribution in [1.82, 2.24) is 10.2 Å². The van der Waals surface area contributed by atoms with Crippen molar-refractivity contribution in [1.29, 1.82) is 0 Å². The van der Waals surface area contributed by atoms with Crippen LogP contribution >= 0.6 is 0 Å². The summed E-state index contributed by atoms with van der Waals surface area (Å²) in [5, 5.41) is 16.9. The minimum Gasteiger partial charge on any atom is -0.390 e. The highest BCUT2D eigenvalue weighted by atomic mass is 16.5. The van der Waals surface area contributed by atoms with Gasteiger partial charge >= 0.3 is 0 Å². The summed E-state index contributed by atoms with van der Waals surface area (Å²) in [6, 6.07) is 16.2. The van der Waals surface area contributed by atoms with E-state index in [1.165, 1.54) is 11.1 Å². The van der Waals surface area contributed by atoms with Gasteiger partial charge in [-0.1, -0.05) is 30.3 Å². The Kier molecular flexibility index (Phi) is 7.00. The van der Waals surface area contributed by atoms with Gasteiger partial charge in [-0.3, -0.25) is 9.69 Å². The Labute approximate surface area is 178 Å². The van der Waals surface area contributed by atoms with Crippen LogP contribution in [0.15, 0.2) is 48.5 Å². The van der Waals surface area contributed by atoms with Crippen LogP contribution in [0.25, 0.3) is 0 Å². The van der Waals surface area contributed by atoms with Crippen LogP contribution in [0.3, 0.4) is 0 Å². The maximum atomic E-state index is 12.5. The average Bonchev–Trinajstić information content (AvgIpc) is 2.78. The van der Waals surface area contributed by atoms with Crippen LogP contribution in [0.1, 0.15) is 34.3 Å². The Balaban J connectivity index is 1.25. The van der Waals surface area contributed by atoms with E-state index in [0.29, 0.717) is 31.9 Å². The van der Waals surface area contributed by atoms with Gasteiger partial charge in [0.1, 0.15) is 0 Å². The summed E-state index contributed by atoms with van der Waals surface area (Å²) in [6.45, 7) is 4.33. The normalized spacial score (nSPS) is 18.4. The number of fused-ring (bicyclic) bond motifs is 1. The van der Waals surface area contributed by atoms with Crippen LogP contribution < -0.4 is 10.6 Å². The molecule has 1 amide bonds. The van der Waals surface area contributed by atoms with Gasteiger partial charge in [-0.15, -0.1) is 0 Å². The van der Waals surface area contributed by atoms with E-state index >= 15 is 0 Å². The lowest BCUT2D eigenvalue weighted by molar-refractivity contribution is 0.0696. The Morgan fingerprint density at radius 1 is 1.13 bits per heavy atom. The molecule has 2 aliphatic rings. The van der Waals surface area contributed by atoms with Crippen molar-refractivity contribution in [3.63, 3.8) is 0 Å². The predicted molar refractivity (Wildman–Crippen MR) is 118 cm³/mol. The van der Waals surface area contributed by atoms with Gasteiger partial charge in [-0.05, 0) is 48.6 Å². The Morgan fingerprint density at radius 2 is 1.93 bits per heavy atom. The number of ether oxygens (including phenoxy) is 1. The van der Waals surface area contributed by atoms with Crippen LogP contribution in [0.4, 0.5) is 5.69 Å². The number of anilines is 1. The van der Waals surface area contributed by atoms with Crippen molar-refractivity contribution in [3.8, 4) is 0 Å². The Bertz CT molecular complexity index is 851. The molecule has 6 nitrogen and oxygen atoms in total. The number of benzene rings is 2. The highest BCUT2D eigenvalue weighted by Gasteiger charge is 2.19. The lowest BCUT2D eigenvalue weighted by Gasteiger charge is -2.30. The lowest BCUT2D eigenvalue weighted by atomic mass is 10.00. The quantitative estimate of drug-likeness (QED) is 0.655. The van der Waals surface area contributed by atoms with Crippen LogP contribution in [0, 0.1) is 0 Å². The maximum Gasteiger partial charge on any atom is 0.251 e. The number of carbonyl (C=O) groups excluding carboxylic acids is 1. The van der Waals surface area contributed by atoms with E-state index in [4.69, 9.17) is 4.74 Å². The molecular weight excluding hydrogens is 378 g/mol. The van der Waals surface area contributed by atoms with Crippen LogP contribution in [0.2, 0.25) is 0 Å². The van der Waals surface area contributed by atoms with Gasteiger partial charge in [-0.2, -0.15) is 0 Å². The van der Waals surface area contributed by atoms with Crippen molar-refractivity contribution in [2.24, 2.45) is 0 Å². The van der Waals surface area contributed by atoms with Crippen molar-refractivity contribution in [2.45, 2.75) is 38.0 Å². The smallest absolute Gasteiger partial charge is 0.251 e. The molecular formula is C24H31N3O3. The van der Waals surface area contributed by atoms with E-state index in [0.717, 1.165) is 38.0 Å². The minimum absolute atomic E-state index is 0.0573. The molecule has 0 spiro atoms. The summed E-state index contributed by atoms with van der Waals surface area (Å²) in [7, 11) is 0. The van der Waals surface area contributed by atoms with E-state index in [1.54, 1.807) is 0 Å². The fraction of sp³-hybridized carbons (Fsp3) is 0.458. The number of aliphatic hydroxyl groups excluding tert-OH is 1.